The number of benzene rings is 1. The smallest absolute Gasteiger partial charge is 0.337 e. The predicted octanol–water partition coefficient (Wildman–Crippen LogP) is 0.706. The lowest BCUT2D eigenvalue weighted by Crippen LogP contribution is -3.08. The van der Waals surface area contributed by atoms with Crippen LogP contribution in [0, 0.1) is 6.92 Å². The molecule has 1 atom stereocenters. The minimum atomic E-state index is -0.371. The molecule has 0 saturated carbocycles. The maximum absolute atomic E-state index is 12.0. The van der Waals surface area contributed by atoms with E-state index >= 15 is 0 Å². The van der Waals surface area contributed by atoms with E-state index in [4.69, 9.17) is 4.42 Å². The van der Waals surface area contributed by atoms with Gasteiger partial charge in [0.1, 0.15) is 12.3 Å². The molecule has 0 fully saturated rings. The first-order valence-electron chi connectivity index (χ1n) is 7.78. The Labute approximate surface area is 141 Å². The van der Waals surface area contributed by atoms with E-state index < -0.39 is 0 Å². The molecule has 2 rings (SSSR count). The molecule has 128 valence electrons. The lowest BCUT2D eigenvalue weighted by atomic mass is 10.1. The van der Waals surface area contributed by atoms with E-state index in [9.17, 15) is 9.59 Å². The van der Waals surface area contributed by atoms with Crippen LogP contribution in [0.1, 0.15) is 27.4 Å². The van der Waals surface area contributed by atoms with Gasteiger partial charge in [-0.3, -0.25) is 4.79 Å². The fraction of sp³-hybridized carbons (Fsp3) is 0.333. The molecule has 1 aromatic carbocycles. The average Bonchev–Trinajstić information content (AvgIpc) is 2.97. The number of amides is 1. The van der Waals surface area contributed by atoms with Gasteiger partial charge in [-0.2, -0.15) is 0 Å². The Kier molecular flexibility index (Phi) is 6.14. The summed E-state index contributed by atoms with van der Waals surface area (Å²) in [6.07, 6.45) is 0. The van der Waals surface area contributed by atoms with Crippen molar-refractivity contribution >= 4 is 11.9 Å². The molecular formula is C18H23N2O4+. The summed E-state index contributed by atoms with van der Waals surface area (Å²) in [5, 5.41) is 2.88. The van der Waals surface area contributed by atoms with Gasteiger partial charge in [0.2, 0.25) is 0 Å². The van der Waals surface area contributed by atoms with Gasteiger partial charge in [0, 0.05) is 6.54 Å². The third-order valence-corrected chi connectivity index (χ3v) is 3.60. The molecule has 1 amide bonds. The van der Waals surface area contributed by atoms with Crippen LogP contribution in [0.3, 0.4) is 0 Å². The molecule has 2 aromatic rings. The number of methoxy groups -OCH3 is 1. The van der Waals surface area contributed by atoms with Gasteiger partial charge in [-0.15, -0.1) is 0 Å². The summed E-state index contributed by atoms with van der Waals surface area (Å²) in [6, 6.07) is 10.8. The van der Waals surface area contributed by atoms with E-state index in [0.29, 0.717) is 25.2 Å². The van der Waals surface area contributed by atoms with E-state index in [1.54, 1.807) is 24.3 Å². The number of nitrogens with one attached hydrogen (secondary N) is 2. The van der Waals surface area contributed by atoms with Gasteiger partial charge >= 0.3 is 5.97 Å². The topological polar surface area (TPSA) is 73.0 Å². The minimum Gasteiger partial charge on any atom is -0.465 e. The highest BCUT2D eigenvalue weighted by Crippen LogP contribution is 2.05. The predicted molar refractivity (Wildman–Crippen MR) is 88.5 cm³/mol. The summed E-state index contributed by atoms with van der Waals surface area (Å²) in [7, 11) is 3.29. The van der Waals surface area contributed by atoms with Crippen LogP contribution < -0.4 is 10.2 Å². The van der Waals surface area contributed by atoms with Crippen LogP contribution in [0.2, 0.25) is 0 Å². The maximum atomic E-state index is 12.0. The molecule has 1 heterocycles. The van der Waals surface area contributed by atoms with E-state index in [2.05, 4.69) is 10.1 Å². The third kappa shape index (κ3) is 5.24. The first kappa shape index (κ1) is 17.7. The second-order valence-electron chi connectivity index (χ2n) is 5.79. The summed E-state index contributed by atoms with van der Waals surface area (Å²) in [6.45, 7) is 3.35. The number of aryl methyl sites for hydroxylation is 1. The maximum Gasteiger partial charge on any atom is 0.337 e. The van der Waals surface area contributed by atoms with Crippen LogP contribution in [0.25, 0.3) is 0 Å². The molecule has 24 heavy (non-hydrogen) atoms. The number of rotatable bonds is 7. The van der Waals surface area contributed by atoms with Crippen LogP contribution in [0.15, 0.2) is 40.8 Å². The Morgan fingerprint density at radius 3 is 2.46 bits per heavy atom. The van der Waals surface area contributed by atoms with Gasteiger partial charge < -0.3 is 19.4 Å². The molecule has 2 N–H and O–H groups in total. The van der Waals surface area contributed by atoms with Crippen LogP contribution >= 0.6 is 0 Å². The highest BCUT2D eigenvalue weighted by Gasteiger charge is 2.12. The Morgan fingerprint density at radius 1 is 1.17 bits per heavy atom. The molecule has 1 unspecified atom stereocenters. The molecule has 1 aromatic heterocycles. The molecule has 6 heteroatoms. The molecule has 0 aliphatic rings. The minimum absolute atomic E-state index is 0.0344. The van der Waals surface area contributed by atoms with E-state index in [1.807, 2.05) is 26.1 Å². The fourth-order valence-electron chi connectivity index (χ4n) is 2.35. The summed E-state index contributed by atoms with van der Waals surface area (Å²) >= 11 is 0. The van der Waals surface area contributed by atoms with Gasteiger partial charge in [-0.25, -0.2) is 4.79 Å². The number of hydrogen-bond donors (Lipinski definition) is 2. The summed E-state index contributed by atoms with van der Waals surface area (Å²) in [4.78, 5) is 24.4. The van der Waals surface area contributed by atoms with E-state index in [-0.39, 0.29) is 11.9 Å². The molecule has 0 aliphatic heterocycles. The summed E-state index contributed by atoms with van der Waals surface area (Å²) < 4.78 is 10.2. The van der Waals surface area contributed by atoms with Crippen LogP contribution in [0.5, 0.6) is 0 Å². The molecular weight excluding hydrogens is 308 g/mol. The van der Waals surface area contributed by atoms with Crippen LogP contribution in [-0.4, -0.2) is 32.6 Å². The number of hydrogen-bond acceptors (Lipinski definition) is 4. The Bertz CT molecular complexity index is 691. The van der Waals surface area contributed by atoms with Crippen molar-refractivity contribution in [2.45, 2.75) is 20.0 Å². The largest absolute Gasteiger partial charge is 0.465 e. The SMILES string of the molecule is COC(=O)c1ccc(CNC(=O)C[NH+](C)Cc2ccc(C)o2)cc1. The Hall–Kier alpha value is -2.60. The van der Waals surface area contributed by atoms with Crippen molar-refractivity contribution in [2.75, 3.05) is 20.7 Å². The standard InChI is InChI=1S/C18H22N2O4/c1-13-4-9-16(24-13)11-20(2)12-17(21)19-10-14-5-7-15(8-6-14)18(22)23-3/h4-9H,10-12H2,1-3H3,(H,19,21)/p+1. The lowest BCUT2D eigenvalue weighted by Gasteiger charge is -2.12. The first-order valence-corrected chi connectivity index (χ1v) is 7.78. The Morgan fingerprint density at radius 2 is 1.88 bits per heavy atom. The molecule has 0 bridgehead atoms. The summed E-state index contributed by atoms with van der Waals surface area (Å²) in [5.41, 5.74) is 1.42. The third-order valence-electron chi connectivity index (χ3n) is 3.60. The zero-order valence-corrected chi connectivity index (χ0v) is 14.2. The zero-order valence-electron chi connectivity index (χ0n) is 14.2. The molecule has 0 spiro atoms. The van der Waals surface area contributed by atoms with Gasteiger partial charge in [0.25, 0.3) is 5.91 Å². The summed E-state index contributed by atoms with van der Waals surface area (Å²) in [5.74, 6) is 1.34. The van der Waals surface area contributed by atoms with Gasteiger partial charge in [0.15, 0.2) is 12.3 Å². The molecule has 0 saturated heterocycles. The van der Waals surface area contributed by atoms with Crippen molar-refractivity contribution < 1.29 is 23.6 Å². The molecule has 0 aliphatic carbocycles. The van der Waals surface area contributed by atoms with E-state index in [1.165, 1.54) is 7.11 Å². The van der Waals surface area contributed by atoms with Crippen LogP contribution in [0.4, 0.5) is 0 Å². The van der Waals surface area contributed by atoms with Crippen molar-refractivity contribution in [1.29, 1.82) is 0 Å². The van der Waals surface area contributed by atoms with Crippen molar-refractivity contribution in [3.8, 4) is 0 Å². The van der Waals surface area contributed by atoms with Crippen molar-refractivity contribution in [1.82, 2.24) is 5.32 Å². The second kappa shape index (κ2) is 8.31. The number of esters is 1. The zero-order chi connectivity index (χ0) is 17.5. The second-order valence-corrected chi connectivity index (χ2v) is 5.79. The molecule has 6 nitrogen and oxygen atoms in total. The monoisotopic (exact) mass is 331 g/mol. The molecule has 0 radical (unpaired) electrons. The highest BCUT2D eigenvalue weighted by molar-refractivity contribution is 5.89. The average molecular weight is 331 g/mol. The quantitative estimate of drug-likeness (QED) is 0.733. The van der Waals surface area contributed by atoms with E-state index in [0.717, 1.165) is 22.0 Å². The number of ether oxygens (including phenoxy) is 1. The van der Waals surface area contributed by atoms with Gasteiger partial charge in [-0.05, 0) is 36.8 Å². The number of furan rings is 1. The number of quaternary nitrogens is 1. The lowest BCUT2D eigenvalue weighted by molar-refractivity contribution is -0.886. The van der Waals surface area contributed by atoms with Gasteiger partial charge in [-0.1, -0.05) is 12.1 Å². The fourth-order valence-corrected chi connectivity index (χ4v) is 2.35. The number of likely N-dealkylation sites (N-methyl/N-ethyl adjacent to an activating group) is 1. The van der Waals surface area contributed by atoms with Crippen molar-refractivity contribution in [3.05, 3.63) is 59.0 Å². The van der Waals surface area contributed by atoms with Crippen molar-refractivity contribution in [3.63, 3.8) is 0 Å². The Balaban J connectivity index is 1.77. The number of carbonyl (C=O) groups is 2. The first-order chi connectivity index (χ1) is 11.5. The number of carbonyl (C=O) groups excluding carboxylic acids is 2. The highest BCUT2D eigenvalue weighted by atomic mass is 16.5. The van der Waals surface area contributed by atoms with Crippen LogP contribution in [-0.2, 0) is 22.6 Å². The normalized spacial score (nSPS) is 11.8. The van der Waals surface area contributed by atoms with Gasteiger partial charge in [0.05, 0.1) is 19.7 Å². The van der Waals surface area contributed by atoms with Crippen molar-refractivity contribution in [2.24, 2.45) is 0 Å².